The lowest BCUT2D eigenvalue weighted by Crippen LogP contribution is -2.39. The second kappa shape index (κ2) is 10.2. The molecule has 37 heavy (non-hydrogen) atoms. The molecule has 0 aromatic heterocycles. The van der Waals surface area contributed by atoms with Crippen molar-refractivity contribution in [3.05, 3.63) is 58.7 Å². The summed E-state index contributed by atoms with van der Waals surface area (Å²) in [6, 6.07) is 3.22. The molecule has 202 valence electrons. The van der Waals surface area contributed by atoms with Gasteiger partial charge in [0.15, 0.2) is 17.5 Å². The fourth-order valence-electron chi connectivity index (χ4n) is 4.16. The maximum Gasteiger partial charge on any atom is 0.267 e. The summed E-state index contributed by atoms with van der Waals surface area (Å²) in [6.45, 7) is 0.193. The lowest BCUT2D eigenvalue weighted by Gasteiger charge is -2.31. The van der Waals surface area contributed by atoms with Gasteiger partial charge in [-0.25, -0.2) is 39.1 Å². The Morgan fingerprint density at radius 1 is 0.946 bits per heavy atom. The molecule has 0 bridgehead atoms. The smallest absolute Gasteiger partial charge is 0.267 e. The first-order chi connectivity index (χ1) is 17.3. The van der Waals surface area contributed by atoms with Gasteiger partial charge < -0.3 is 4.74 Å². The van der Waals surface area contributed by atoms with Crippen molar-refractivity contribution in [1.29, 1.82) is 0 Å². The van der Waals surface area contributed by atoms with Crippen LogP contribution in [0.3, 0.4) is 0 Å². The molecule has 2 fully saturated rings. The van der Waals surface area contributed by atoms with E-state index in [0.29, 0.717) is 30.5 Å². The molecule has 0 atom stereocenters. The first kappa shape index (κ1) is 27.3. The van der Waals surface area contributed by atoms with E-state index >= 15 is 0 Å². The first-order valence-corrected chi connectivity index (χ1v) is 14.7. The number of hydrogen-bond acceptors (Lipinski definition) is 6. The maximum absolute atomic E-state index is 14.6. The molecule has 1 aliphatic heterocycles. The summed E-state index contributed by atoms with van der Waals surface area (Å²) in [6.07, 6.45) is 3.09. The van der Waals surface area contributed by atoms with Crippen molar-refractivity contribution in [2.45, 2.75) is 36.5 Å². The number of carbonyl (C=O) groups excluding carboxylic acids is 1. The second-order valence-corrected chi connectivity index (χ2v) is 12.9. The number of benzene rings is 2. The zero-order chi connectivity index (χ0) is 27.1. The number of carbonyl (C=O) groups is 1. The second-order valence-electron chi connectivity index (χ2n) is 9.21. The molecule has 14 heteroatoms. The summed E-state index contributed by atoms with van der Waals surface area (Å²) in [7, 11) is -8.12. The molecule has 1 N–H and O–H groups in total. The van der Waals surface area contributed by atoms with Gasteiger partial charge in [-0.1, -0.05) is 0 Å². The standard InChI is InChI=1S/C23H24F4N2O6S2/c1-36(31,32)28-23(30)17-10-16(14-2-3-14)21(11-18(17)24)35-12-13-4-6-29(7-5-13)37(33,34)15-8-19(25)22(27)20(26)9-15/h8-11,13-14H,2-7,12H2,1H3,(H,28,30). The lowest BCUT2D eigenvalue weighted by molar-refractivity contribution is 0.0977. The molecular formula is C23H24F4N2O6S2. The van der Waals surface area contributed by atoms with Crippen molar-refractivity contribution in [2.75, 3.05) is 26.0 Å². The molecule has 8 nitrogen and oxygen atoms in total. The van der Waals surface area contributed by atoms with Crippen LogP contribution in [0.2, 0.25) is 0 Å². The molecule has 1 saturated carbocycles. The van der Waals surface area contributed by atoms with Crippen LogP contribution in [0.4, 0.5) is 17.6 Å². The Balaban J connectivity index is 1.41. The number of sulfonamides is 2. The summed E-state index contributed by atoms with van der Waals surface area (Å²) >= 11 is 0. The van der Waals surface area contributed by atoms with Gasteiger partial charge in [0, 0.05) is 19.2 Å². The van der Waals surface area contributed by atoms with Crippen LogP contribution in [-0.4, -0.2) is 53.0 Å². The SMILES string of the molecule is CS(=O)(=O)NC(=O)c1cc(C2CC2)c(OCC2CCN(S(=O)(=O)c3cc(F)c(F)c(F)c3)CC2)cc1F. The Morgan fingerprint density at radius 2 is 1.54 bits per heavy atom. The van der Waals surface area contributed by atoms with Crippen LogP contribution in [0.25, 0.3) is 0 Å². The predicted octanol–water partition coefficient (Wildman–Crippen LogP) is 3.29. The molecule has 4 rings (SSSR count). The van der Waals surface area contributed by atoms with E-state index in [1.165, 1.54) is 6.07 Å². The van der Waals surface area contributed by atoms with Gasteiger partial charge in [0.25, 0.3) is 5.91 Å². The van der Waals surface area contributed by atoms with E-state index in [4.69, 9.17) is 4.74 Å². The molecule has 1 amide bonds. The number of piperidine rings is 1. The van der Waals surface area contributed by atoms with Crippen molar-refractivity contribution in [2.24, 2.45) is 5.92 Å². The predicted molar refractivity (Wildman–Crippen MR) is 124 cm³/mol. The van der Waals surface area contributed by atoms with Crippen molar-refractivity contribution in [3.8, 4) is 5.75 Å². The fraction of sp³-hybridized carbons (Fsp3) is 0.435. The third-order valence-electron chi connectivity index (χ3n) is 6.28. The Labute approximate surface area is 211 Å². The highest BCUT2D eigenvalue weighted by Gasteiger charge is 2.33. The average Bonchev–Trinajstić information content (AvgIpc) is 3.65. The number of halogens is 4. The lowest BCUT2D eigenvalue weighted by atomic mass is 9.99. The Hall–Kier alpha value is -2.71. The number of rotatable bonds is 8. The third kappa shape index (κ3) is 6.24. The number of amides is 1. The van der Waals surface area contributed by atoms with Gasteiger partial charge in [-0.2, -0.15) is 4.31 Å². The van der Waals surface area contributed by atoms with E-state index in [1.54, 1.807) is 4.72 Å². The van der Waals surface area contributed by atoms with Gasteiger partial charge in [-0.3, -0.25) is 4.79 Å². The van der Waals surface area contributed by atoms with E-state index in [2.05, 4.69) is 0 Å². The zero-order valence-electron chi connectivity index (χ0n) is 19.6. The molecule has 2 aliphatic rings. The van der Waals surface area contributed by atoms with Crippen LogP contribution >= 0.6 is 0 Å². The largest absolute Gasteiger partial charge is 0.493 e. The Bertz CT molecular complexity index is 1410. The molecule has 1 heterocycles. The quantitative estimate of drug-likeness (QED) is 0.389. The van der Waals surface area contributed by atoms with Crippen molar-refractivity contribution in [3.63, 3.8) is 0 Å². The Kier molecular flexibility index (Phi) is 7.55. The number of nitrogens with zero attached hydrogens (tertiary/aromatic N) is 1. The molecule has 1 saturated heterocycles. The van der Waals surface area contributed by atoms with E-state index < -0.39 is 59.7 Å². The van der Waals surface area contributed by atoms with Crippen LogP contribution in [0.5, 0.6) is 5.75 Å². The highest BCUT2D eigenvalue weighted by molar-refractivity contribution is 7.89. The number of nitrogens with one attached hydrogen (secondary N) is 1. The summed E-state index contributed by atoms with van der Waals surface area (Å²) < 4.78 is 112. The number of hydrogen-bond donors (Lipinski definition) is 1. The van der Waals surface area contributed by atoms with Crippen LogP contribution in [0.1, 0.15) is 47.5 Å². The molecule has 0 unspecified atom stereocenters. The van der Waals surface area contributed by atoms with Crippen molar-refractivity contribution < 1.29 is 43.9 Å². The summed E-state index contributed by atoms with van der Waals surface area (Å²) in [5.41, 5.74) is 0.173. The van der Waals surface area contributed by atoms with Crippen LogP contribution in [0, 0.1) is 29.2 Å². The fourth-order valence-corrected chi connectivity index (χ4v) is 6.10. The number of ether oxygens (including phenoxy) is 1. The van der Waals surface area contributed by atoms with Gasteiger partial charge in [0.2, 0.25) is 20.0 Å². The van der Waals surface area contributed by atoms with Crippen LogP contribution < -0.4 is 9.46 Å². The van der Waals surface area contributed by atoms with Gasteiger partial charge in [0.1, 0.15) is 11.6 Å². The zero-order valence-corrected chi connectivity index (χ0v) is 21.3. The molecule has 0 spiro atoms. The van der Waals surface area contributed by atoms with Gasteiger partial charge in [-0.15, -0.1) is 0 Å². The van der Waals surface area contributed by atoms with Gasteiger partial charge in [-0.05, 0) is 61.3 Å². The van der Waals surface area contributed by atoms with E-state index in [-0.39, 0.29) is 37.3 Å². The van der Waals surface area contributed by atoms with Crippen LogP contribution in [0.15, 0.2) is 29.2 Å². The minimum absolute atomic E-state index is 0.0332. The molecule has 0 radical (unpaired) electrons. The minimum atomic E-state index is -4.24. The third-order valence-corrected chi connectivity index (χ3v) is 8.72. The average molecular weight is 565 g/mol. The normalized spacial score (nSPS) is 17.5. The van der Waals surface area contributed by atoms with Gasteiger partial charge >= 0.3 is 0 Å². The molecule has 2 aromatic rings. The first-order valence-electron chi connectivity index (χ1n) is 11.4. The molecule has 2 aromatic carbocycles. The molecule has 1 aliphatic carbocycles. The summed E-state index contributed by atoms with van der Waals surface area (Å²) in [5.74, 6) is -6.81. The highest BCUT2D eigenvalue weighted by Crippen LogP contribution is 2.45. The summed E-state index contributed by atoms with van der Waals surface area (Å²) in [4.78, 5) is 11.5. The van der Waals surface area contributed by atoms with E-state index in [0.717, 1.165) is 29.5 Å². The summed E-state index contributed by atoms with van der Waals surface area (Å²) in [5, 5.41) is 0. The van der Waals surface area contributed by atoms with Gasteiger partial charge in [0.05, 0.1) is 23.3 Å². The van der Waals surface area contributed by atoms with Crippen LogP contribution in [-0.2, 0) is 20.0 Å². The molecular weight excluding hydrogens is 540 g/mol. The topological polar surface area (TPSA) is 110 Å². The van der Waals surface area contributed by atoms with E-state index in [1.807, 2.05) is 0 Å². The monoisotopic (exact) mass is 564 g/mol. The highest BCUT2D eigenvalue weighted by atomic mass is 32.2. The Morgan fingerprint density at radius 3 is 2.08 bits per heavy atom. The van der Waals surface area contributed by atoms with Crippen molar-refractivity contribution in [1.82, 2.24) is 9.03 Å². The minimum Gasteiger partial charge on any atom is -0.493 e. The maximum atomic E-state index is 14.6. The van der Waals surface area contributed by atoms with E-state index in [9.17, 15) is 39.2 Å². The van der Waals surface area contributed by atoms with Crippen molar-refractivity contribution >= 4 is 26.0 Å².